The summed E-state index contributed by atoms with van der Waals surface area (Å²) in [6, 6.07) is 15.9. The molecule has 0 amide bonds. The Bertz CT molecular complexity index is 1680. The Kier molecular flexibility index (Phi) is 5.58. The molecule has 1 aliphatic carbocycles. The number of nitrogens with zero attached hydrogens (tertiary/aromatic N) is 6. The third kappa shape index (κ3) is 3.65. The number of anilines is 1. The van der Waals surface area contributed by atoms with Crippen molar-refractivity contribution in [3.63, 3.8) is 0 Å². The van der Waals surface area contributed by atoms with Gasteiger partial charge in [-0.2, -0.15) is 9.78 Å². The summed E-state index contributed by atoms with van der Waals surface area (Å²) in [6.45, 7) is 1.54. The van der Waals surface area contributed by atoms with E-state index in [9.17, 15) is 4.79 Å². The Morgan fingerprint density at radius 2 is 1.79 bits per heavy atom. The van der Waals surface area contributed by atoms with E-state index in [0.29, 0.717) is 42.9 Å². The molecule has 0 spiro atoms. The van der Waals surface area contributed by atoms with Gasteiger partial charge in [-0.05, 0) is 42.2 Å². The van der Waals surface area contributed by atoms with Crippen LogP contribution in [-0.2, 0) is 17.9 Å². The van der Waals surface area contributed by atoms with Gasteiger partial charge in [-0.3, -0.25) is 9.48 Å². The molecule has 38 heavy (non-hydrogen) atoms. The van der Waals surface area contributed by atoms with Crippen LogP contribution >= 0.6 is 0 Å². The highest BCUT2D eigenvalue weighted by molar-refractivity contribution is 5.89. The molecule has 2 N–H and O–H groups in total. The van der Waals surface area contributed by atoms with Crippen LogP contribution in [0.5, 0.6) is 0 Å². The second-order valence-corrected chi connectivity index (χ2v) is 10.1. The average molecular weight is 508 g/mol. The Labute approximate surface area is 219 Å². The number of rotatable bonds is 4. The van der Waals surface area contributed by atoms with Crippen molar-refractivity contribution in [1.29, 1.82) is 0 Å². The van der Waals surface area contributed by atoms with E-state index in [0.717, 1.165) is 27.9 Å². The first-order valence-corrected chi connectivity index (χ1v) is 13.3. The van der Waals surface area contributed by atoms with Gasteiger partial charge < -0.3 is 10.5 Å². The molecule has 1 aromatic carbocycles. The smallest absolute Gasteiger partial charge is 0.281 e. The zero-order chi connectivity index (χ0) is 25.6. The maximum Gasteiger partial charge on any atom is 0.281 e. The molecule has 2 aliphatic rings. The minimum Gasteiger partial charge on any atom is -0.382 e. The molecular weight excluding hydrogens is 478 g/mol. The van der Waals surface area contributed by atoms with Crippen molar-refractivity contribution in [2.45, 2.75) is 51.2 Å². The van der Waals surface area contributed by atoms with Crippen LogP contribution in [0.25, 0.3) is 33.6 Å². The minimum absolute atomic E-state index is 0.0940. The van der Waals surface area contributed by atoms with Crippen molar-refractivity contribution in [2.75, 3.05) is 12.3 Å². The number of hydrogen-bond acceptors (Lipinski definition) is 6. The summed E-state index contributed by atoms with van der Waals surface area (Å²) in [5.41, 5.74) is 12.7. The van der Waals surface area contributed by atoms with Crippen LogP contribution in [0.2, 0.25) is 0 Å². The van der Waals surface area contributed by atoms with Crippen molar-refractivity contribution in [3.8, 4) is 28.1 Å². The van der Waals surface area contributed by atoms with Crippen molar-refractivity contribution in [2.24, 2.45) is 0 Å². The van der Waals surface area contributed by atoms with E-state index in [4.69, 9.17) is 10.5 Å². The molecule has 4 aromatic heterocycles. The van der Waals surface area contributed by atoms with E-state index in [2.05, 4.69) is 33.3 Å². The maximum atomic E-state index is 13.7. The molecule has 0 radical (unpaired) electrons. The molecule has 5 aromatic rings. The Balaban J connectivity index is 1.33. The van der Waals surface area contributed by atoms with Gasteiger partial charge in [-0.25, -0.2) is 14.5 Å². The van der Waals surface area contributed by atoms with Gasteiger partial charge in [0.05, 0.1) is 31.0 Å². The number of hydrogen-bond donors (Lipinski definition) is 1. The quantitative estimate of drug-likeness (QED) is 0.382. The fourth-order valence-corrected chi connectivity index (χ4v) is 6.10. The fourth-order valence-electron chi connectivity index (χ4n) is 6.10. The third-order valence-electron chi connectivity index (χ3n) is 7.92. The van der Waals surface area contributed by atoms with Gasteiger partial charge in [-0.1, -0.05) is 49.6 Å². The lowest BCUT2D eigenvalue weighted by atomic mass is 9.87. The standard InChI is InChI=1S/C29H29N7O2/c30-28-27-22(16-23(35(27)33-18-32-28)20-6-2-1-3-7-20)19-9-11-21(12-10-19)26-24-17-38-15-14-34(24)36(29(26)37)25-8-4-5-13-31-25/h4-5,8-13,16,18,20H,1-3,6-7,14-15,17H2,(H2,30,32,33). The second kappa shape index (κ2) is 9.25. The number of nitrogen functional groups attached to an aromatic ring is 1. The van der Waals surface area contributed by atoms with Crippen molar-refractivity contribution >= 4 is 11.3 Å². The first-order chi connectivity index (χ1) is 18.7. The van der Waals surface area contributed by atoms with E-state index >= 15 is 0 Å². The minimum atomic E-state index is -0.0940. The molecule has 9 nitrogen and oxygen atoms in total. The molecular formula is C29H29N7O2. The monoisotopic (exact) mass is 507 g/mol. The van der Waals surface area contributed by atoms with Crippen molar-refractivity contribution in [1.82, 2.24) is 28.9 Å². The number of fused-ring (bicyclic) bond motifs is 2. The lowest BCUT2D eigenvalue weighted by Crippen LogP contribution is -2.26. The SMILES string of the molecule is Nc1ncnn2c(C3CCCCC3)cc(-c3ccc(-c4c5n(n(-c6ccccn6)c4=O)CCOC5)cc3)c12. The Hall–Kier alpha value is -4.24. The van der Waals surface area contributed by atoms with Gasteiger partial charge in [0.25, 0.3) is 5.56 Å². The van der Waals surface area contributed by atoms with E-state index in [1.54, 1.807) is 10.9 Å². The lowest BCUT2D eigenvalue weighted by molar-refractivity contribution is 0.0774. The molecule has 1 saturated carbocycles. The summed E-state index contributed by atoms with van der Waals surface area (Å²) in [6.07, 6.45) is 9.34. The van der Waals surface area contributed by atoms with Crippen LogP contribution in [0.1, 0.15) is 49.4 Å². The second-order valence-electron chi connectivity index (χ2n) is 10.1. The van der Waals surface area contributed by atoms with Crippen molar-refractivity contribution < 1.29 is 4.74 Å². The Morgan fingerprint density at radius 1 is 0.974 bits per heavy atom. The van der Waals surface area contributed by atoms with E-state index in [-0.39, 0.29) is 5.56 Å². The van der Waals surface area contributed by atoms with Gasteiger partial charge in [-0.15, -0.1) is 0 Å². The molecule has 9 heteroatoms. The summed E-state index contributed by atoms with van der Waals surface area (Å²) in [5.74, 6) is 1.55. The number of pyridine rings is 1. The summed E-state index contributed by atoms with van der Waals surface area (Å²) < 4.78 is 11.4. The molecule has 0 atom stereocenters. The van der Waals surface area contributed by atoms with Gasteiger partial charge >= 0.3 is 0 Å². The maximum absolute atomic E-state index is 13.7. The summed E-state index contributed by atoms with van der Waals surface area (Å²) in [5, 5.41) is 4.58. The first kappa shape index (κ1) is 22.9. The lowest BCUT2D eigenvalue weighted by Gasteiger charge is -2.21. The zero-order valence-corrected chi connectivity index (χ0v) is 21.1. The molecule has 7 rings (SSSR count). The summed E-state index contributed by atoms with van der Waals surface area (Å²) in [7, 11) is 0. The molecule has 0 bridgehead atoms. The van der Waals surface area contributed by atoms with Crippen LogP contribution < -0.4 is 11.3 Å². The number of ether oxygens (including phenoxy) is 1. The van der Waals surface area contributed by atoms with Crippen LogP contribution in [0.4, 0.5) is 5.82 Å². The molecule has 5 heterocycles. The largest absolute Gasteiger partial charge is 0.382 e. The summed E-state index contributed by atoms with van der Waals surface area (Å²) >= 11 is 0. The van der Waals surface area contributed by atoms with Gasteiger partial charge in [0, 0.05) is 23.4 Å². The van der Waals surface area contributed by atoms with Gasteiger partial charge in [0.15, 0.2) is 11.6 Å². The Morgan fingerprint density at radius 3 is 2.58 bits per heavy atom. The van der Waals surface area contributed by atoms with Crippen LogP contribution in [0, 0.1) is 0 Å². The van der Waals surface area contributed by atoms with Crippen molar-refractivity contribution in [3.05, 3.63) is 82.8 Å². The van der Waals surface area contributed by atoms with E-state index in [1.807, 2.05) is 39.5 Å². The number of nitrogens with two attached hydrogens (primary N) is 1. The van der Waals surface area contributed by atoms with Crippen LogP contribution in [-0.4, -0.2) is 35.6 Å². The molecule has 1 fully saturated rings. The first-order valence-electron chi connectivity index (χ1n) is 13.3. The predicted molar refractivity (Wildman–Crippen MR) is 145 cm³/mol. The highest BCUT2D eigenvalue weighted by atomic mass is 16.5. The molecule has 192 valence electrons. The van der Waals surface area contributed by atoms with Gasteiger partial charge in [0.2, 0.25) is 0 Å². The molecule has 0 saturated heterocycles. The molecule has 0 unspecified atom stereocenters. The fraction of sp³-hybridized carbons (Fsp3) is 0.310. The predicted octanol–water partition coefficient (Wildman–Crippen LogP) is 4.57. The van der Waals surface area contributed by atoms with E-state index in [1.165, 1.54) is 44.1 Å². The average Bonchev–Trinajstić information content (AvgIpc) is 3.50. The van der Waals surface area contributed by atoms with E-state index < -0.39 is 0 Å². The van der Waals surface area contributed by atoms with Crippen LogP contribution in [0.15, 0.2) is 65.8 Å². The highest BCUT2D eigenvalue weighted by Gasteiger charge is 2.26. The zero-order valence-electron chi connectivity index (χ0n) is 21.1. The normalized spacial score (nSPS) is 16.1. The molecule has 1 aliphatic heterocycles. The number of benzene rings is 1. The number of aromatic nitrogens is 6. The third-order valence-corrected chi connectivity index (χ3v) is 7.92. The van der Waals surface area contributed by atoms with Gasteiger partial charge in [0.1, 0.15) is 11.8 Å². The van der Waals surface area contributed by atoms with Crippen LogP contribution in [0.3, 0.4) is 0 Å². The highest BCUT2D eigenvalue weighted by Crippen LogP contribution is 2.39. The summed E-state index contributed by atoms with van der Waals surface area (Å²) in [4.78, 5) is 22.4. The topological polar surface area (TPSA) is 105 Å².